The number of anilines is 2. The van der Waals surface area contributed by atoms with E-state index in [4.69, 9.17) is 9.47 Å². The molecular weight excluding hydrogens is 367 g/mol. The minimum Gasteiger partial charge on any atom is -0.497 e. The highest BCUT2D eigenvalue weighted by Gasteiger charge is 2.55. The van der Waals surface area contributed by atoms with E-state index in [0.29, 0.717) is 28.4 Å². The van der Waals surface area contributed by atoms with Crippen molar-refractivity contribution >= 4 is 23.2 Å². The van der Waals surface area contributed by atoms with E-state index in [2.05, 4.69) is 10.3 Å². The lowest BCUT2D eigenvalue weighted by Gasteiger charge is -2.21. The lowest BCUT2D eigenvalue weighted by Crippen LogP contribution is -2.40. The average Bonchev–Trinajstić information content (AvgIpc) is 3.24. The summed E-state index contributed by atoms with van der Waals surface area (Å²) in [6.45, 7) is 1.63. The fourth-order valence-corrected chi connectivity index (χ4v) is 3.27. The predicted octanol–water partition coefficient (Wildman–Crippen LogP) is 2.65. The van der Waals surface area contributed by atoms with Crippen molar-refractivity contribution in [3.8, 4) is 11.5 Å². The van der Waals surface area contributed by atoms with Gasteiger partial charge in [0.25, 0.3) is 11.8 Å². The molecule has 2 heterocycles. The summed E-state index contributed by atoms with van der Waals surface area (Å²) in [4.78, 5) is 27.0. The summed E-state index contributed by atoms with van der Waals surface area (Å²) >= 11 is 0. The van der Waals surface area contributed by atoms with Crippen LogP contribution in [0, 0.1) is 12.7 Å². The summed E-state index contributed by atoms with van der Waals surface area (Å²) in [5.74, 6) is -0.570. The summed E-state index contributed by atoms with van der Waals surface area (Å²) in [6.07, 6.45) is 0. The Morgan fingerprint density at radius 2 is 1.64 bits per heavy atom. The van der Waals surface area contributed by atoms with Gasteiger partial charge in [0.15, 0.2) is 12.1 Å². The van der Waals surface area contributed by atoms with Crippen LogP contribution in [0.2, 0.25) is 0 Å². The van der Waals surface area contributed by atoms with Crippen molar-refractivity contribution in [1.29, 1.82) is 0 Å². The molecule has 28 heavy (non-hydrogen) atoms. The molecule has 0 radical (unpaired) electrons. The standard InChI is InChI=1S/C19H17FN4O4/c1-10-4-5-11(8-15(10)20)24-17-16(21-22-24)18(25)23(19(17)26)12-6-13(27-2)9-14(7-12)28-3/h4-9,16-17H,1-3H3/t16-,17-/m0/s1. The first-order valence-corrected chi connectivity index (χ1v) is 8.51. The second-order valence-electron chi connectivity index (χ2n) is 6.46. The van der Waals surface area contributed by atoms with E-state index < -0.39 is 29.7 Å². The Labute approximate surface area is 160 Å². The van der Waals surface area contributed by atoms with Crippen molar-refractivity contribution < 1.29 is 23.5 Å². The van der Waals surface area contributed by atoms with Crippen LogP contribution in [-0.4, -0.2) is 38.1 Å². The number of fused-ring (bicyclic) bond motifs is 1. The zero-order valence-electron chi connectivity index (χ0n) is 15.4. The van der Waals surface area contributed by atoms with E-state index in [1.54, 1.807) is 37.3 Å². The molecule has 2 amide bonds. The third-order valence-corrected chi connectivity index (χ3v) is 4.80. The van der Waals surface area contributed by atoms with Crippen LogP contribution >= 0.6 is 0 Å². The van der Waals surface area contributed by atoms with Crippen LogP contribution in [0.25, 0.3) is 0 Å². The number of hydrogen-bond donors (Lipinski definition) is 0. The van der Waals surface area contributed by atoms with Crippen LogP contribution < -0.4 is 19.4 Å². The number of rotatable bonds is 4. The van der Waals surface area contributed by atoms with Crippen molar-refractivity contribution in [2.45, 2.75) is 19.0 Å². The Bertz CT molecular complexity index is 987. The topological polar surface area (TPSA) is 83.8 Å². The number of carbonyl (C=O) groups is 2. The van der Waals surface area contributed by atoms with Crippen LogP contribution in [0.1, 0.15) is 5.56 Å². The molecule has 9 heteroatoms. The van der Waals surface area contributed by atoms with Gasteiger partial charge >= 0.3 is 0 Å². The molecule has 4 rings (SSSR count). The molecule has 144 valence electrons. The van der Waals surface area contributed by atoms with Crippen LogP contribution in [0.3, 0.4) is 0 Å². The summed E-state index contributed by atoms with van der Waals surface area (Å²) in [6, 6.07) is 7.29. The van der Waals surface area contributed by atoms with Gasteiger partial charge in [0.05, 0.1) is 25.6 Å². The Hall–Kier alpha value is -3.49. The summed E-state index contributed by atoms with van der Waals surface area (Å²) in [7, 11) is 2.95. The first kappa shape index (κ1) is 17.9. The number of ether oxygens (including phenoxy) is 2. The molecule has 0 unspecified atom stereocenters. The van der Waals surface area contributed by atoms with Crippen LogP contribution in [0.5, 0.6) is 11.5 Å². The smallest absolute Gasteiger partial charge is 0.263 e. The fourth-order valence-electron chi connectivity index (χ4n) is 3.27. The minimum atomic E-state index is -0.992. The Balaban J connectivity index is 1.71. The number of hydrogen-bond acceptors (Lipinski definition) is 7. The molecule has 1 saturated heterocycles. The van der Waals surface area contributed by atoms with Gasteiger partial charge in [-0.3, -0.25) is 9.59 Å². The Morgan fingerprint density at radius 3 is 2.25 bits per heavy atom. The molecule has 8 nitrogen and oxygen atoms in total. The van der Waals surface area contributed by atoms with Gasteiger partial charge in [-0.2, -0.15) is 5.11 Å². The average molecular weight is 384 g/mol. The Morgan fingerprint density at radius 1 is 0.964 bits per heavy atom. The second-order valence-corrected chi connectivity index (χ2v) is 6.46. The molecule has 0 spiro atoms. The van der Waals surface area contributed by atoms with Crippen molar-refractivity contribution in [2.24, 2.45) is 10.3 Å². The summed E-state index contributed by atoms with van der Waals surface area (Å²) in [5.41, 5.74) is 1.13. The van der Waals surface area contributed by atoms with E-state index in [0.717, 1.165) is 4.90 Å². The quantitative estimate of drug-likeness (QED) is 0.757. The number of aryl methyl sites for hydroxylation is 1. The number of amides is 2. The van der Waals surface area contributed by atoms with Gasteiger partial charge in [0.1, 0.15) is 17.3 Å². The van der Waals surface area contributed by atoms with E-state index in [1.165, 1.54) is 25.3 Å². The molecule has 0 N–H and O–H groups in total. The maximum absolute atomic E-state index is 14.0. The highest BCUT2D eigenvalue weighted by atomic mass is 19.1. The SMILES string of the molecule is COc1cc(OC)cc(N2C(=O)[C@H]3N=NN(c4ccc(C)c(F)c4)[C@@H]3C2=O)c1. The molecule has 2 aliphatic rings. The van der Waals surface area contributed by atoms with E-state index in [-0.39, 0.29) is 0 Å². The van der Waals surface area contributed by atoms with Gasteiger partial charge in [-0.25, -0.2) is 14.3 Å². The third-order valence-electron chi connectivity index (χ3n) is 4.80. The van der Waals surface area contributed by atoms with Crippen molar-refractivity contribution in [3.05, 3.63) is 47.8 Å². The van der Waals surface area contributed by atoms with Crippen LogP contribution in [0.4, 0.5) is 15.8 Å². The van der Waals surface area contributed by atoms with Crippen molar-refractivity contribution in [2.75, 3.05) is 24.1 Å². The summed E-state index contributed by atoms with van der Waals surface area (Å²) < 4.78 is 24.4. The van der Waals surface area contributed by atoms with Gasteiger partial charge in [0.2, 0.25) is 0 Å². The normalized spacial score (nSPS) is 20.7. The molecule has 0 bridgehead atoms. The summed E-state index contributed by atoms with van der Waals surface area (Å²) in [5, 5.41) is 9.17. The number of methoxy groups -OCH3 is 2. The first-order chi connectivity index (χ1) is 13.4. The molecular formula is C19H17FN4O4. The molecule has 1 fully saturated rings. The fraction of sp³-hybridized carbons (Fsp3) is 0.263. The predicted molar refractivity (Wildman–Crippen MR) is 98.1 cm³/mol. The molecule has 2 aliphatic heterocycles. The Kier molecular flexibility index (Phi) is 4.21. The van der Waals surface area contributed by atoms with Gasteiger partial charge in [-0.15, -0.1) is 0 Å². The maximum atomic E-state index is 14.0. The number of carbonyl (C=O) groups excluding carboxylic acids is 2. The van der Waals surface area contributed by atoms with Gasteiger partial charge in [-0.1, -0.05) is 11.3 Å². The molecule has 0 saturated carbocycles. The molecule has 0 aromatic heterocycles. The van der Waals surface area contributed by atoms with Gasteiger partial charge in [0, 0.05) is 18.2 Å². The van der Waals surface area contributed by atoms with Crippen LogP contribution in [0.15, 0.2) is 46.7 Å². The zero-order valence-corrected chi connectivity index (χ0v) is 15.4. The highest BCUT2D eigenvalue weighted by molar-refractivity contribution is 6.26. The van der Waals surface area contributed by atoms with Crippen molar-refractivity contribution in [3.63, 3.8) is 0 Å². The first-order valence-electron chi connectivity index (χ1n) is 8.51. The van der Waals surface area contributed by atoms with Gasteiger partial charge < -0.3 is 9.47 Å². The van der Waals surface area contributed by atoms with E-state index in [9.17, 15) is 14.0 Å². The van der Waals surface area contributed by atoms with Crippen LogP contribution in [-0.2, 0) is 9.59 Å². The number of benzene rings is 2. The second kappa shape index (κ2) is 6.59. The van der Waals surface area contributed by atoms with Gasteiger partial charge in [-0.05, 0) is 24.6 Å². The highest BCUT2D eigenvalue weighted by Crippen LogP contribution is 2.37. The van der Waals surface area contributed by atoms with E-state index >= 15 is 0 Å². The van der Waals surface area contributed by atoms with Crippen molar-refractivity contribution in [1.82, 2.24) is 0 Å². The zero-order chi connectivity index (χ0) is 20.0. The molecule has 2 aromatic rings. The lowest BCUT2D eigenvalue weighted by atomic mass is 10.1. The molecule has 2 atom stereocenters. The minimum absolute atomic E-state index is 0.311. The number of halogens is 1. The maximum Gasteiger partial charge on any atom is 0.263 e. The molecule has 0 aliphatic carbocycles. The lowest BCUT2D eigenvalue weighted by molar-refractivity contribution is -0.121. The van der Waals surface area contributed by atoms with E-state index in [1.807, 2.05) is 0 Å². The number of imide groups is 1. The third kappa shape index (κ3) is 2.67. The largest absolute Gasteiger partial charge is 0.497 e. The monoisotopic (exact) mass is 384 g/mol. The molecule has 2 aromatic carbocycles. The number of nitrogens with zero attached hydrogens (tertiary/aromatic N) is 4.